The van der Waals surface area contributed by atoms with Crippen molar-refractivity contribution in [2.75, 3.05) is 39.8 Å². The predicted molar refractivity (Wildman–Crippen MR) is 133 cm³/mol. The smallest absolute Gasteiger partial charge is 0.127 e. The minimum atomic E-state index is 0.307. The molecule has 3 aromatic rings. The minimum absolute atomic E-state index is 0.307. The lowest BCUT2D eigenvalue weighted by molar-refractivity contribution is 0.113. The summed E-state index contributed by atoms with van der Waals surface area (Å²) in [6.07, 6.45) is 0.953. The number of nitrogens with zero attached hydrogens (tertiary/aromatic N) is 4. The van der Waals surface area contributed by atoms with Crippen molar-refractivity contribution in [2.24, 2.45) is 0 Å². The maximum absolute atomic E-state index is 6.27. The van der Waals surface area contributed by atoms with Gasteiger partial charge in [-0.25, -0.2) is 4.98 Å². The quantitative estimate of drug-likeness (QED) is 0.454. The Morgan fingerprint density at radius 1 is 1.00 bits per heavy atom. The van der Waals surface area contributed by atoms with Gasteiger partial charge in [-0.3, -0.25) is 4.90 Å². The van der Waals surface area contributed by atoms with Crippen LogP contribution in [0.1, 0.15) is 56.1 Å². The van der Waals surface area contributed by atoms with Crippen LogP contribution >= 0.6 is 0 Å². The first-order chi connectivity index (χ1) is 15.4. The normalized spacial score (nSPS) is 16.7. The molecule has 0 bridgehead atoms. The second kappa shape index (κ2) is 10.1. The summed E-state index contributed by atoms with van der Waals surface area (Å²) in [6, 6.07) is 15.4. The summed E-state index contributed by atoms with van der Waals surface area (Å²) in [5.41, 5.74) is 4.84. The maximum Gasteiger partial charge on any atom is 0.127 e. The minimum Gasteiger partial charge on any atom is -0.493 e. The maximum atomic E-state index is 6.27. The van der Waals surface area contributed by atoms with E-state index in [0.717, 1.165) is 50.4 Å². The summed E-state index contributed by atoms with van der Waals surface area (Å²) in [4.78, 5) is 10.0. The monoisotopic (exact) mass is 434 g/mol. The van der Waals surface area contributed by atoms with Gasteiger partial charge < -0.3 is 14.2 Å². The average Bonchev–Trinajstić information content (AvgIpc) is 3.15. The number of ether oxygens (including phenoxy) is 1. The summed E-state index contributed by atoms with van der Waals surface area (Å²) < 4.78 is 8.69. The first kappa shape index (κ1) is 22.8. The number of hydrogen-bond acceptors (Lipinski definition) is 4. The summed E-state index contributed by atoms with van der Waals surface area (Å²) in [5.74, 6) is 2.66. The van der Waals surface area contributed by atoms with E-state index < -0.39 is 0 Å². The topological polar surface area (TPSA) is 33.5 Å². The van der Waals surface area contributed by atoms with Gasteiger partial charge in [0.1, 0.15) is 11.6 Å². The lowest BCUT2D eigenvalue weighted by atomic mass is 10.0. The van der Waals surface area contributed by atoms with Gasteiger partial charge in [0.05, 0.1) is 23.7 Å². The molecule has 32 heavy (non-hydrogen) atoms. The van der Waals surface area contributed by atoms with E-state index >= 15 is 0 Å². The molecule has 0 spiro atoms. The lowest BCUT2D eigenvalue weighted by Crippen LogP contribution is -2.45. The SMILES string of the molecule is Cc1ccc(C(C)C)c(OCCCn2c(C(C)N3CCN(C)CC3)nc3ccccc32)c1. The third-order valence-electron chi connectivity index (χ3n) is 6.72. The fourth-order valence-corrected chi connectivity index (χ4v) is 4.67. The Morgan fingerprint density at radius 3 is 2.50 bits per heavy atom. The van der Waals surface area contributed by atoms with E-state index in [2.05, 4.69) is 91.6 Å². The number of piperazine rings is 1. The Morgan fingerprint density at radius 2 is 1.75 bits per heavy atom. The van der Waals surface area contributed by atoms with Gasteiger partial charge in [-0.2, -0.15) is 0 Å². The van der Waals surface area contributed by atoms with E-state index in [0.29, 0.717) is 18.6 Å². The molecule has 1 aliphatic heterocycles. The highest BCUT2D eigenvalue weighted by atomic mass is 16.5. The van der Waals surface area contributed by atoms with Crippen molar-refractivity contribution in [3.63, 3.8) is 0 Å². The Kier molecular flexibility index (Phi) is 7.17. The largest absolute Gasteiger partial charge is 0.493 e. The van der Waals surface area contributed by atoms with Crippen LogP contribution in [0, 0.1) is 6.92 Å². The Labute approximate surface area is 193 Å². The Bertz CT molecular complexity index is 1030. The molecule has 1 saturated heterocycles. The fourth-order valence-electron chi connectivity index (χ4n) is 4.67. The van der Waals surface area contributed by atoms with Gasteiger partial charge in [0.25, 0.3) is 0 Å². The molecule has 1 fully saturated rings. The predicted octanol–water partition coefficient (Wildman–Crippen LogP) is 5.25. The Balaban J connectivity index is 1.48. The van der Waals surface area contributed by atoms with Gasteiger partial charge in [-0.15, -0.1) is 0 Å². The summed E-state index contributed by atoms with van der Waals surface area (Å²) in [6.45, 7) is 14.9. The van der Waals surface area contributed by atoms with Crippen molar-refractivity contribution in [3.8, 4) is 5.75 Å². The van der Waals surface area contributed by atoms with Crippen LogP contribution < -0.4 is 4.74 Å². The van der Waals surface area contributed by atoms with E-state index in [4.69, 9.17) is 9.72 Å². The molecule has 1 atom stereocenters. The van der Waals surface area contributed by atoms with Crippen LogP contribution in [0.3, 0.4) is 0 Å². The molecule has 5 heteroatoms. The van der Waals surface area contributed by atoms with Gasteiger partial charge in [0, 0.05) is 32.7 Å². The second-order valence-corrected chi connectivity index (χ2v) is 9.52. The van der Waals surface area contributed by atoms with Crippen molar-refractivity contribution in [2.45, 2.75) is 52.6 Å². The third kappa shape index (κ3) is 5.00. The molecule has 1 unspecified atom stereocenters. The molecular formula is C27H38N4O. The van der Waals surface area contributed by atoms with Crippen molar-refractivity contribution < 1.29 is 4.74 Å². The molecule has 1 aromatic heterocycles. The van der Waals surface area contributed by atoms with Gasteiger partial charge in [0.2, 0.25) is 0 Å². The molecule has 0 aliphatic carbocycles. The first-order valence-electron chi connectivity index (χ1n) is 12.0. The highest BCUT2D eigenvalue weighted by Crippen LogP contribution is 2.28. The molecule has 4 rings (SSSR count). The number of benzene rings is 2. The number of aromatic nitrogens is 2. The molecule has 2 heterocycles. The summed E-state index contributed by atoms with van der Waals surface area (Å²) in [5, 5.41) is 0. The van der Waals surface area contributed by atoms with Crippen molar-refractivity contribution >= 4 is 11.0 Å². The van der Waals surface area contributed by atoms with Crippen LogP contribution in [-0.2, 0) is 6.54 Å². The summed E-state index contributed by atoms with van der Waals surface area (Å²) in [7, 11) is 2.20. The van der Waals surface area contributed by atoms with Crippen LogP contribution in [0.15, 0.2) is 42.5 Å². The van der Waals surface area contributed by atoms with Crippen LogP contribution in [0.2, 0.25) is 0 Å². The van der Waals surface area contributed by atoms with Gasteiger partial charge in [0.15, 0.2) is 0 Å². The van der Waals surface area contributed by atoms with Crippen molar-refractivity contribution in [1.82, 2.24) is 19.4 Å². The highest BCUT2D eigenvalue weighted by Gasteiger charge is 2.25. The molecule has 172 valence electrons. The van der Waals surface area contributed by atoms with Crippen molar-refractivity contribution in [3.05, 3.63) is 59.4 Å². The number of fused-ring (bicyclic) bond motifs is 1. The fraction of sp³-hybridized carbons (Fsp3) is 0.519. The zero-order chi connectivity index (χ0) is 22.7. The third-order valence-corrected chi connectivity index (χ3v) is 6.72. The van der Waals surface area contributed by atoms with Gasteiger partial charge >= 0.3 is 0 Å². The Hall–Kier alpha value is -2.37. The molecular weight excluding hydrogens is 396 g/mol. The number of aryl methyl sites for hydroxylation is 2. The summed E-state index contributed by atoms with van der Waals surface area (Å²) >= 11 is 0. The van der Waals surface area contributed by atoms with E-state index in [-0.39, 0.29) is 0 Å². The van der Waals surface area contributed by atoms with Gasteiger partial charge in [-0.1, -0.05) is 38.1 Å². The van der Waals surface area contributed by atoms with Crippen LogP contribution in [0.25, 0.3) is 11.0 Å². The second-order valence-electron chi connectivity index (χ2n) is 9.52. The van der Waals surface area contributed by atoms with Crippen LogP contribution in [0.4, 0.5) is 0 Å². The molecule has 0 radical (unpaired) electrons. The standard InChI is InChI=1S/C27H38N4O/c1-20(2)23-12-11-21(3)19-26(23)32-18-8-13-31-25-10-7-6-9-24(25)28-27(31)22(4)30-16-14-29(5)15-17-30/h6-7,9-12,19-20,22H,8,13-18H2,1-5H3. The van der Waals surface area contributed by atoms with Gasteiger partial charge in [-0.05, 0) is 62.6 Å². The van der Waals surface area contributed by atoms with E-state index in [9.17, 15) is 0 Å². The highest BCUT2D eigenvalue weighted by molar-refractivity contribution is 5.76. The zero-order valence-corrected chi connectivity index (χ0v) is 20.3. The number of likely N-dealkylation sites (N-methyl/N-ethyl adjacent to an activating group) is 1. The van der Waals surface area contributed by atoms with Crippen LogP contribution in [0.5, 0.6) is 5.75 Å². The molecule has 1 aliphatic rings. The van der Waals surface area contributed by atoms with E-state index in [1.807, 2.05) is 0 Å². The van der Waals surface area contributed by atoms with E-state index in [1.165, 1.54) is 22.5 Å². The average molecular weight is 435 g/mol. The number of imidazole rings is 1. The van der Waals surface area contributed by atoms with Crippen LogP contribution in [-0.4, -0.2) is 59.2 Å². The number of hydrogen-bond donors (Lipinski definition) is 0. The van der Waals surface area contributed by atoms with Crippen molar-refractivity contribution in [1.29, 1.82) is 0 Å². The molecule has 0 saturated carbocycles. The molecule has 2 aromatic carbocycles. The number of para-hydroxylation sites is 2. The van der Waals surface area contributed by atoms with E-state index in [1.54, 1.807) is 0 Å². The first-order valence-corrected chi connectivity index (χ1v) is 12.0. The molecule has 0 N–H and O–H groups in total. The lowest BCUT2D eigenvalue weighted by Gasteiger charge is -2.36. The zero-order valence-electron chi connectivity index (χ0n) is 20.3. The number of rotatable bonds is 8. The molecule has 5 nitrogen and oxygen atoms in total. The molecule has 0 amide bonds.